The SMILES string of the molecule is CCCCCCCCCCCCCCCCCc1ncc(C)[nH]1.CCCCCCCCCCCc1ncc(C)[nH]1. The first-order valence-electron chi connectivity index (χ1n) is 17.7. The second kappa shape index (κ2) is 27.6. The first-order valence-corrected chi connectivity index (χ1v) is 17.7. The molecule has 2 aromatic rings. The van der Waals surface area contributed by atoms with Crippen molar-refractivity contribution < 1.29 is 0 Å². The summed E-state index contributed by atoms with van der Waals surface area (Å²) in [4.78, 5) is 15.3. The molecule has 0 spiro atoms. The number of unbranched alkanes of at least 4 members (excludes halogenated alkanes) is 22. The van der Waals surface area contributed by atoms with Crippen molar-refractivity contribution >= 4 is 0 Å². The summed E-state index contributed by atoms with van der Waals surface area (Å²) in [7, 11) is 0. The predicted octanol–water partition coefficient (Wildman–Crippen LogP) is 11.9. The molecule has 0 atom stereocenters. The minimum absolute atomic E-state index is 1.11. The quantitative estimate of drug-likeness (QED) is 0.113. The van der Waals surface area contributed by atoms with Gasteiger partial charge in [-0.2, -0.15) is 0 Å². The van der Waals surface area contributed by atoms with E-state index in [9.17, 15) is 0 Å². The van der Waals surface area contributed by atoms with E-state index in [2.05, 4.69) is 47.6 Å². The summed E-state index contributed by atoms with van der Waals surface area (Å²) in [5.41, 5.74) is 2.36. The first kappa shape index (κ1) is 36.4. The van der Waals surface area contributed by atoms with E-state index in [0.717, 1.165) is 24.5 Å². The highest BCUT2D eigenvalue weighted by Gasteiger charge is 1.99. The molecule has 0 saturated carbocycles. The van der Waals surface area contributed by atoms with Gasteiger partial charge in [-0.1, -0.05) is 155 Å². The van der Waals surface area contributed by atoms with Crippen molar-refractivity contribution in [2.24, 2.45) is 0 Å². The van der Waals surface area contributed by atoms with Gasteiger partial charge < -0.3 is 9.97 Å². The molecule has 4 heteroatoms. The molecule has 0 aliphatic rings. The fraction of sp³-hybridized carbons (Fsp3) is 0.833. The van der Waals surface area contributed by atoms with Gasteiger partial charge in [0.15, 0.2) is 0 Å². The van der Waals surface area contributed by atoms with Crippen LogP contribution in [0.25, 0.3) is 0 Å². The van der Waals surface area contributed by atoms with Crippen LogP contribution in [-0.4, -0.2) is 19.9 Å². The summed E-state index contributed by atoms with van der Waals surface area (Å²) in [6, 6.07) is 0. The Bertz CT molecular complexity index is 762. The zero-order valence-electron chi connectivity index (χ0n) is 27.4. The summed E-state index contributed by atoms with van der Waals surface area (Å²) in [6.07, 6.45) is 40.0. The number of aromatic nitrogens is 4. The van der Waals surface area contributed by atoms with Crippen molar-refractivity contribution in [1.29, 1.82) is 0 Å². The van der Waals surface area contributed by atoms with Gasteiger partial charge in [0.2, 0.25) is 0 Å². The van der Waals surface area contributed by atoms with Gasteiger partial charge in [-0.25, -0.2) is 9.97 Å². The summed E-state index contributed by atoms with van der Waals surface area (Å²) in [5, 5.41) is 0. The summed E-state index contributed by atoms with van der Waals surface area (Å²) < 4.78 is 0. The Hall–Kier alpha value is -1.58. The minimum Gasteiger partial charge on any atom is -0.346 e. The van der Waals surface area contributed by atoms with E-state index in [4.69, 9.17) is 0 Å². The molecule has 0 bridgehead atoms. The van der Waals surface area contributed by atoms with Crippen molar-refractivity contribution in [2.75, 3.05) is 0 Å². The van der Waals surface area contributed by atoms with Crippen LogP contribution in [0.4, 0.5) is 0 Å². The number of nitrogens with one attached hydrogen (secondary N) is 2. The van der Waals surface area contributed by atoms with Gasteiger partial charge in [-0.15, -0.1) is 0 Å². The first-order chi connectivity index (χ1) is 19.7. The molecule has 0 aliphatic heterocycles. The molecule has 232 valence electrons. The lowest BCUT2D eigenvalue weighted by Gasteiger charge is -2.03. The van der Waals surface area contributed by atoms with Gasteiger partial charge in [0.1, 0.15) is 11.6 Å². The maximum Gasteiger partial charge on any atom is 0.106 e. The number of H-pyrrole nitrogens is 2. The summed E-state index contributed by atoms with van der Waals surface area (Å²) in [6.45, 7) is 8.70. The van der Waals surface area contributed by atoms with E-state index in [1.165, 1.54) is 165 Å². The molecule has 2 N–H and O–H groups in total. The fourth-order valence-corrected chi connectivity index (χ4v) is 5.45. The topological polar surface area (TPSA) is 57.4 Å². The molecule has 0 amide bonds. The molecule has 0 aliphatic carbocycles. The van der Waals surface area contributed by atoms with Crippen LogP contribution in [0.2, 0.25) is 0 Å². The molecule has 0 unspecified atom stereocenters. The molecule has 2 heterocycles. The molecular formula is C36H68N4. The fourth-order valence-electron chi connectivity index (χ4n) is 5.45. The Kier molecular flexibility index (Phi) is 25.1. The Morgan fingerprint density at radius 1 is 0.400 bits per heavy atom. The summed E-state index contributed by atoms with van der Waals surface area (Å²) in [5.74, 6) is 2.32. The normalized spacial score (nSPS) is 11.1. The second-order valence-electron chi connectivity index (χ2n) is 12.3. The lowest BCUT2D eigenvalue weighted by atomic mass is 10.0. The van der Waals surface area contributed by atoms with Crippen LogP contribution in [0, 0.1) is 13.8 Å². The zero-order chi connectivity index (χ0) is 28.9. The second-order valence-corrected chi connectivity index (χ2v) is 12.3. The molecular weight excluding hydrogens is 488 g/mol. The average molecular weight is 557 g/mol. The van der Waals surface area contributed by atoms with E-state index in [1.54, 1.807) is 0 Å². The zero-order valence-corrected chi connectivity index (χ0v) is 27.4. The third kappa shape index (κ3) is 23.2. The summed E-state index contributed by atoms with van der Waals surface area (Å²) >= 11 is 0. The van der Waals surface area contributed by atoms with Crippen LogP contribution >= 0.6 is 0 Å². The smallest absolute Gasteiger partial charge is 0.106 e. The van der Waals surface area contributed by atoms with Gasteiger partial charge in [-0.3, -0.25) is 0 Å². The monoisotopic (exact) mass is 557 g/mol. The van der Waals surface area contributed by atoms with E-state index >= 15 is 0 Å². The number of nitrogens with zero attached hydrogens (tertiary/aromatic N) is 2. The minimum atomic E-state index is 1.11. The van der Waals surface area contributed by atoms with Crippen molar-refractivity contribution in [2.45, 2.75) is 195 Å². The average Bonchev–Trinajstić information content (AvgIpc) is 3.57. The maximum absolute atomic E-state index is 4.36. The third-order valence-electron chi connectivity index (χ3n) is 8.05. The van der Waals surface area contributed by atoms with E-state index < -0.39 is 0 Å². The molecule has 2 aromatic heterocycles. The predicted molar refractivity (Wildman–Crippen MR) is 176 cm³/mol. The third-order valence-corrected chi connectivity index (χ3v) is 8.05. The number of imidazole rings is 2. The van der Waals surface area contributed by atoms with E-state index in [-0.39, 0.29) is 0 Å². The number of aromatic amines is 2. The Balaban J connectivity index is 0.000000418. The van der Waals surface area contributed by atoms with Crippen LogP contribution in [0.15, 0.2) is 12.4 Å². The number of aryl methyl sites for hydroxylation is 4. The van der Waals surface area contributed by atoms with E-state index in [0.29, 0.717) is 0 Å². The number of hydrogen-bond donors (Lipinski definition) is 2. The van der Waals surface area contributed by atoms with E-state index in [1.807, 2.05) is 12.4 Å². The van der Waals surface area contributed by atoms with Gasteiger partial charge in [0, 0.05) is 36.6 Å². The highest BCUT2D eigenvalue weighted by atomic mass is 14.9. The number of rotatable bonds is 26. The highest BCUT2D eigenvalue weighted by molar-refractivity contribution is 4.98. The van der Waals surface area contributed by atoms with Gasteiger partial charge in [0.05, 0.1) is 0 Å². The van der Waals surface area contributed by atoms with Crippen LogP contribution in [0.3, 0.4) is 0 Å². The standard InChI is InChI=1S/C21H40N2.C15H28N2/c1-3-4-5-6-7-8-9-10-11-12-13-14-15-16-17-18-21-22-19-20(2)23-21;1-3-4-5-6-7-8-9-10-11-12-15-16-13-14(2)17-15/h19H,3-18H2,1-2H3,(H,22,23);13H,3-12H2,1-2H3,(H,16,17). The van der Waals surface area contributed by atoms with Crippen LogP contribution < -0.4 is 0 Å². The van der Waals surface area contributed by atoms with Gasteiger partial charge in [-0.05, 0) is 26.7 Å². The molecule has 0 saturated heterocycles. The maximum atomic E-state index is 4.36. The van der Waals surface area contributed by atoms with Crippen LogP contribution in [-0.2, 0) is 12.8 Å². The molecule has 0 fully saturated rings. The lowest BCUT2D eigenvalue weighted by Crippen LogP contribution is -1.89. The van der Waals surface area contributed by atoms with Crippen molar-refractivity contribution in [3.05, 3.63) is 35.4 Å². The lowest BCUT2D eigenvalue weighted by molar-refractivity contribution is 0.531. The van der Waals surface area contributed by atoms with Crippen LogP contribution in [0.1, 0.15) is 191 Å². The Morgan fingerprint density at radius 3 is 0.875 bits per heavy atom. The highest BCUT2D eigenvalue weighted by Crippen LogP contribution is 2.14. The number of hydrogen-bond acceptors (Lipinski definition) is 2. The molecule has 4 nitrogen and oxygen atoms in total. The van der Waals surface area contributed by atoms with Gasteiger partial charge >= 0.3 is 0 Å². The molecule has 40 heavy (non-hydrogen) atoms. The van der Waals surface area contributed by atoms with Crippen molar-refractivity contribution in [1.82, 2.24) is 19.9 Å². The molecule has 0 aromatic carbocycles. The Labute approximate surface area is 249 Å². The largest absolute Gasteiger partial charge is 0.346 e. The Morgan fingerprint density at radius 2 is 0.650 bits per heavy atom. The van der Waals surface area contributed by atoms with Crippen molar-refractivity contribution in [3.63, 3.8) is 0 Å². The molecule has 2 rings (SSSR count). The molecule has 0 radical (unpaired) electrons. The van der Waals surface area contributed by atoms with Gasteiger partial charge in [0.25, 0.3) is 0 Å². The van der Waals surface area contributed by atoms with Crippen LogP contribution in [0.5, 0.6) is 0 Å². The van der Waals surface area contributed by atoms with Crippen molar-refractivity contribution in [3.8, 4) is 0 Å².